The van der Waals surface area contributed by atoms with E-state index in [1.165, 1.54) is 0 Å². The van der Waals surface area contributed by atoms with Crippen molar-refractivity contribution in [3.63, 3.8) is 0 Å². The SMILES string of the molecule is O=C(Nc1ccc(N2CCN(c3ccccc3)C2=O)nc1)c1ccc2c(c1)OCO2. The van der Waals surface area contributed by atoms with Gasteiger partial charge in [-0.3, -0.25) is 14.6 Å². The smallest absolute Gasteiger partial charge is 0.330 e. The highest BCUT2D eigenvalue weighted by Crippen LogP contribution is 2.32. The van der Waals surface area contributed by atoms with Gasteiger partial charge in [-0.1, -0.05) is 18.2 Å². The average molecular weight is 402 g/mol. The van der Waals surface area contributed by atoms with E-state index in [-0.39, 0.29) is 18.7 Å². The molecule has 3 aromatic rings. The number of rotatable bonds is 4. The minimum absolute atomic E-state index is 0.120. The Morgan fingerprint density at radius 2 is 1.73 bits per heavy atom. The number of anilines is 3. The first-order valence-electron chi connectivity index (χ1n) is 9.50. The zero-order valence-corrected chi connectivity index (χ0v) is 15.9. The van der Waals surface area contributed by atoms with E-state index in [1.807, 2.05) is 30.3 Å². The second-order valence-electron chi connectivity index (χ2n) is 6.85. The molecule has 0 radical (unpaired) electrons. The summed E-state index contributed by atoms with van der Waals surface area (Å²) in [5.41, 5.74) is 1.85. The van der Waals surface area contributed by atoms with Gasteiger partial charge in [0, 0.05) is 24.3 Å². The second kappa shape index (κ2) is 7.40. The molecule has 0 saturated carbocycles. The molecule has 5 rings (SSSR count). The van der Waals surface area contributed by atoms with Crippen molar-refractivity contribution in [1.29, 1.82) is 0 Å². The first kappa shape index (κ1) is 18.0. The van der Waals surface area contributed by atoms with Gasteiger partial charge in [-0.05, 0) is 42.5 Å². The van der Waals surface area contributed by atoms with Crippen molar-refractivity contribution in [3.05, 3.63) is 72.4 Å². The van der Waals surface area contributed by atoms with Gasteiger partial charge in [-0.25, -0.2) is 9.78 Å². The average Bonchev–Trinajstić information content (AvgIpc) is 3.41. The molecule has 0 unspecified atom stereocenters. The lowest BCUT2D eigenvalue weighted by molar-refractivity contribution is 0.102. The molecule has 1 fully saturated rings. The molecule has 30 heavy (non-hydrogen) atoms. The summed E-state index contributed by atoms with van der Waals surface area (Å²) in [4.78, 5) is 33.0. The van der Waals surface area contributed by atoms with E-state index in [0.29, 0.717) is 41.7 Å². The molecular formula is C22H18N4O4. The van der Waals surface area contributed by atoms with Crippen LogP contribution in [0.4, 0.5) is 22.0 Å². The van der Waals surface area contributed by atoms with Crippen molar-refractivity contribution in [3.8, 4) is 11.5 Å². The molecule has 3 amide bonds. The molecule has 150 valence electrons. The summed E-state index contributed by atoms with van der Waals surface area (Å²) in [7, 11) is 0. The lowest BCUT2D eigenvalue weighted by Gasteiger charge is -2.18. The molecule has 8 nitrogen and oxygen atoms in total. The second-order valence-corrected chi connectivity index (χ2v) is 6.85. The molecule has 2 aliphatic rings. The van der Waals surface area contributed by atoms with Gasteiger partial charge in [0.05, 0.1) is 11.9 Å². The number of fused-ring (bicyclic) bond motifs is 1. The number of amides is 3. The highest BCUT2D eigenvalue weighted by molar-refractivity contribution is 6.06. The lowest BCUT2D eigenvalue weighted by Crippen LogP contribution is -2.32. The molecule has 0 aliphatic carbocycles. The maximum absolute atomic E-state index is 12.8. The largest absolute Gasteiger partial charge is 0.454 e. The summed E-state index contributed by atoms with van der Waals surface area (Å²) in [6, 6.07) is 17.9. The first-order chi connectivity index (χ1) is 14.7. The van der Waals surface area contributed by atoms with Gasteiger partial charge in [-0.15, -0.1) is 0 Å². The third-order valence-corrected chi connectivity index (χ3v) is 4.99. The van der Waals surface area contributed by atoms with Crippen LogP contribution in [0.15, 0.2) is 66.9 Å². The van der Waals surface area contributed by atoms with Crippen molar-refractivity contribution in [2.45, 2.75) is 0 Å². The Balaban J connectivity index is 1.27. The molecule has 0 spiro atoms. The van der Waals surface area contributed by atoms with Gasteiger partial charge in [-0.2, -0.15) is 0 Å². The van der Waals surface area contributed by atoms with E-state index in [4.69, 9.17) is 9.47 Å². The predicted molar refractivity (Wildman–Crippen MR) is 111 cm³/mol. The van der Waals surface area contributed by atoms with Crippen LogP contribution in [0.3, 0.4) is 0 Å². The third kappa shape index (κ3) is 3.28. The Morgan fingerprint density at radius 1 is 0.933 bits per heavy atom. The number of aromatic nitrogens is 1. The number of nitrogens with one attached hydrogen (secondary N) is 1. The molecular weight excluding hydrogens is 384 g/mol. The van der Waals surface area contributed by atoms with Crippen LogP contribution in [0.1, 0.15) is 10.4 Å². The first-order valence-corrected chi connectivity index (χ1v) is 9.50. The van der Waals surface area contributed by atoms with E-state index in [0.717, 1.165) is 5.69 Å². The Labute approximate surface area is 172 Å². The van der Waals surface area contributed by atoms with Gasteiger partial charge in [0.15, 0.2) is 11.5 Å². The fourth-order valence-corrected chi connectivity index (χ4v) is 3.46. The molecule has 1 saturated heterocycles. The quantitative estimate of drug-likeness (QED) is 0.722. The molecule has 2 aliphatic heterocycles. The molecule has 8 heteroatoms. The third-order valence-electron chi connectivity index (χ3n) is 4.99. The fourth-order valence-electron chi connectivity index (χ4n) is 3.46. The van der Waals surface area contributed by atoms with E-state index in [9.17, 15) is 9.59 Å². The fraction of sp³-hybridized carbons (Fsp3) is 0.136. The van der Waals surface area contributed by atoms with Gasteiger partial charge in [0.25, 0.3) is 5.91 Å². The minimum Gasteiger partial charge on any atom is -0.454 e. The lowest BCUT2D eigenvalue weighted by atomic mass is 10.2. The number of nitrogens with zero attached hydrogens (tertiary/aromatic N) is 3. The summed E-state index contributed by atoms with van der Waals surface area (Å²) in [6.45, 7) is 1.29. The number of carbonyl (C=O) groups excluding carboxylic acids is 2. The van der Waals surface area contributed by atoms with Crippen molar-refractivity contribution < 1.29 is 19.1 Å². The number of hydrogen-bond donors (Lipinski definition) is 1. The molecule has 0 bridgehead atoms. The van der Waals surface area contributed by atoms with E-state index in [1.54, 1.807) is 46.3 Å². The summed E-state index contributed by atoms with van der Waals surface area (Å²) in [6.07, 6.45) is 1.54. The number of urea groups is 1. The van der Waals surface area contributed by atoms with Gasteiger partial charge >= 0.3 is 6.03 Å². The number of benzene rings is 2. The zero-order valence-electron chi connectivity index (χ0n) is 15.9. The summed E-state index contributed by atoms with van der Waals surface area (Å²) < 4.78 is 10.6. The van der Waals surface area contributed by atoms with Crippen molar-refractivity contribution in [1.82, 2.24) is 4.98 Å². The van der Waals surface area contributed by atoms with Crippen LogP contribution in [0, 0.1) is 0 Å². The van der Waals surface area contributed by atoms with Crippen LogP contribution >= 0.6 is 0 Å². The van der Waals surface area contributed by atoms with Gasteiger partial charge in [0.1, 0.15) is 5.82 Å². The van der Waals surface area contributed by atoms with Crippen LogP contribution < -0.4 is 24.6 Å². The number of para-hydroxylation sites is 1. The molecule has 2 aromatic carbocycles. The summed E-state index contributed by atoms with van der Waals surface area (Å²) >= 11 is 0. The monoisotopic (exact) mass is 402 g/mol. The van der Waals surface area contributed by atoms with E-state index < -0.39 is 0 Å². The van der Waals surface area contributed by atoms with Crippen LogP contribution in [0.5, 0.6) is 11.5 Å². The summed E-state index contributed by atoms with van der Waals surface area (Å²) in [5, 5.41) is 2.80. The maximum atomic E-state index is 12.8. The van der Waals surface area contributed by atoms with E-state index in [2.05, 4.69) is 10.3 Å². The number of carbonyl (C=O) groups is 2. The topological polar surface area (TPSA) is 84.0 Å². The Hall–Kier alpha value is -4.07. The Bertz CT molecular complexity index is 1100. The number of ether oxygens (including phenoxy) is 2. The summed E-state index contributed by atoms with van der Waals surface area (Å²) in [5.74, 6) is 1.43. The molecule has 1 N–H and O–H groups in total. The van der Waals surface area contributed by atoms with Crippen molar-refractivity contribution in [2.24, 2.45) is 0 Å². The van der Waals surface area contributed by atoms with Gasteiger partial charge in [0.2, 0.25) is 6.79 Å². The Kier molecular flexibility index (Phi) is 4.44. The van der Waals surface area contributed by atoms with Gasteiger partial charge < -0.3 is 14.8 Å². The zero-order chi connectivity index (χ0) is 20.5. The predicted octanol–water partition coefficient (Wildman–Crippen LogP) is 3.51. The van der Waals surface area contributed by atoms with Crippen LogP contribution in [0.25, 0.3) is 0 Å². The normalized spacial score (nSPS) is 14.9. The van der Waals surface area contributed by atoms with Crippen molar-refractivity contribution in [2.75, 3.05) is 35.0 Å². The van der Waals surface area contributed by atoms with Crippen molar-refractivity contribution >= 4 is 29.1 Å². The van der Waals surface area contributed by atoms with Crippen LogP contribution in [-0.2, 0) is 0 Å². The molecule has 0 atom stereocenters. The number of pyridine rings is 1. The van der Waals surface area contributed by atoms with E-state index >= 15 is 0 Å². The minimum atomic E-state index is -0.282. The highest BCUT2D eigenvalue weighted by Gasteiger charge is 2.31. The standard InChI is InChI=1S/C22H18N4O4/c27-21(15-6-8-18-19(12-15)30-14-29-18)24-16-7-9-20(23-13-16)26-11-10-25(22(26)28)17-4-2-1-3-5-17/h1-9,12-13H,10-11,14H2,(H,24,27). The Morgan fingerprint density at radius 3 is 2.53 bits per heavy atom. The van der Waals surface area contributed by atoms with Crippen LogP contribution in [-0.4, -0.2) is 36.8 Å². The number of hydrogen-bond acceptors (Lipinski definition) is 5. The molecule has 3 heterocycles. The maximum Gasteiger partial charge on any atom is 0.330 e. The molecule has 1 aromatic heterocycles. The van der Waals surface area contributed by atoms with Crippen LogP contribution in [0.2, 0.25) is 0 Å². The highest BCUT2D eigenvalue weighted by atomic mass is 16.7.